The highest BCUT2D eigenvalue weighted by molar-refractivity contribution is 6.17. The van der Waals surface area contributed by atoms with Crippen molar-refractivity contribution in [2.75, 3.05) is 5.88 Å². The van der Waals surface area contributed by atoms with Crippen LogP contribution in [0.3, 0.4) is 0 Å². The molecule has 20 heavy (non-hydrogen) atoms. The Morgan fingerprint density at radius 2 is 2.15 bits per heavy atom. The number of aromatic nitrogens is 3. The van der Waals surface area contributed by atoms with Crippen LogP contribution in [-0.4, -0.2) is 20.4 Å². The van der Waals surface area contributed by atoms with E-state index >= 15 is 0 Å². The summed E-state index contributed by atoms with van der Waals surface area (Å²) in [6, 6.07) is 2.59. The molecule has 3 rings (SSSR count). The van der Waals surface area contributed by atoms with E-state index < -0.39 is 0 Å². The molecule has 1 unspecified atom stereocenters. The molecule has 0 aromatic carbocycles. The average molecular weight is 292 g/mol. The van der Waals surface area contributed by atoms with Gasteiger partial charge in [-0.1, -0.05) is 12.8 Å². The molecular weight excluding hydrogens is 270 g/mol. The lowest BCUT2D eigenvalue weighted by Crippen LogP contribution is -2.17. The lowest BCUT2D eigenvalue weighted by molar-refractivity contribution is 0.359. The number of alkyl halides is 1. The molecule has 0 radical (unpaired) electrons. The van der Waals surface area contributed by atoms with Gasteiger partial charge in [-0.15, -0.1) is 11.6 Å². The third kappa shape index (κ3) is 2.44. The van der Waals surface area contributed by atoms with E-state index in [1.807, 2.05) is 6.20 Å². The van der Waals surface area contributed by atoms with E-state index in [0.29, 0.717) is 11.9 Å². The van der Waals surface area contributed by atoms with Crippen LogP contribution in [0.15, 0.2) is 12.3 Å². The number of hydrogen-bond acceptors (Lipinski definition) is 2. The van der Waals surface area contributed by atoms with Gasteiger partial charge >= 0.3 is 0 Å². The van der Waals surface area contributed by atoms with Gasteiger partial charge < -0.3 is 4.57 Å². The minimum absolute atomic E-state index is 0.468. The molecule has 1 saturated carbocycles. The molecule has 0 bridgehead atoms. The third-order valence-electron chi connectivity index (χ3n) is 4.55. The highest BCUT2D eigenvalue weighted by Gasteiger charge is 2.26. The fraction of sp³-hybridized carbons (Fsp3) is 0.625. The molecule has 0 saturated heterocycles. The van der Waals surface area contributed by atoms with Gasteiger partial charge in [-0.2, -0.15) is 0 Å². The lowest BCUT2D eigenvalue weighted by Gasteiger charge is -2.23. The summed E-state index contributed by atoms with van der Waals surface area (Å²) in [5.41, 5.74) is 3.19. The van der Waals surface area contributed by atoms with Gasteiger partial charge in [0.05, 0.1) is 0 Å². The van der Waals surface area contributed by atoms with Gasteiger partial charge in [0.25, 0.3) is 0 Å². The predicted molar refractivity (Wildman–Crippen MR) is 83.4 cm³/mol. The van der Waals surface area contributed by atoms with Crippen molar-refractivity contribution in [3.05, 3.63) is 23.7 Å². The first-order valence-corrected chi connectivity index (χ1v) is 8.13. The van der Waals surface area contributed by atoms with Gasteiger partial charge in [0.1, 0.15) is 11.3 Å². The number of pyridine rings is 1. The van der Waals surface area contributed by atoms with Crippen molar-refractivity contribution in [1.82, 2.24) is 14.5 Å². The van der Waals surface area contributed by atoms with Crippen molar-refractivity contribution in [3.63, 3.8) is 0 Å². The smallest absolute Gasteiger partial charge is 0.160 e. The molecule has 108 valence electrons. The van der Waals surface area contributed by atoms with Crippen LogP contribution in [0, 0.1) is 12.8 Å². The summed E-state index contributed by atoms with van der Waals surface area (Å²) in [5.74, 6) is 2.46. The van der Waals surface area contributed by atoms with Gasteiger partial charge in [0, 0.05) is 24.5 Å². The van der Waals surface area contributed by atoms with Crippen LogP contribution in [-0.2, 0) is 6.42 Å². The largest absolute Gasteiger partial charge is 0.310 e. The minimum atomic E-state index is 0.468. The third-order valence-corrected chi connectivity index (χ3v) is 4.74. The number of rotatable bonds is 4. The van der Waals surface area contributed by atoms with Gasteiger partial charge in [0.15, 0.2) is 5.65 Å². The number of halogens is 1. The molecule has 0 amide bonds. The zero-order valence-corrected chi connectivity index (χ0v) is 13.0. The van der Waals surface area contributed by atoms with Crippen molar-refractivity contribution in [2.45, 2.75) is 52.0 Å². The maximum Gasteiger partial charge on any atom is 0.160 e. The molecule has 2 heterocycles. The fourth-order valence-electron chi connectivity index (χ4n) is 3.47. The molecule has 1 fully saturated rings. The van der Waals surface area contributed by atoms with E-state index in [9.17, 15) is 0 Å². The summed E-state index contributed by atoms with van der Waals surface area (Å²) in [5, 5.41) is 0. The normalized spacial score (nSPS) is 17.9. The molecule has 0 aliphatic heterocycles. The molecule has 0 N–H and O–H groups in total. The van der Waals surface area contributed by atoms with Crippen LogP contribution < -0.4 is 0 Å². The standard InChI is InChI=1S/C16H22ClN3/c1-11-9-14-16(18-10-11)20(15(19-14)7-8-17)12(2)13-5-3-4-6-13/h9-10,12-13H,3-8H2,1-2H3. The van der Waals surface area contributed by atoms with E-state index in [4.69, 9.17) is 16.6 Å². The topological polar surface area (TPSA) is 30.7 Å². The maximum absolute atomic E-state index is 5.96. The highest BCUT2D eigenvalue weighted by Crippen LogP contribution is 2.36. The van der Waals surface area contributed by atoms with Crippen LogP contribution in [0.1, 0.15) is 50.0 Å². The monoisotopic (exact) mass is 291 g/mol. The number of aryl methyl sites for hydroxylation is 2. The summed E-state index contributed by atoms with van der Waals surface area (Å²) in [6.45, 7) is 4.38. The second-order valence-electron chi connectivity index (χ2n) is 5.98. The Morgan fingerprint density at radius 1 is 1.40 bits per heavy atom. The minimum Gasteiger partial charge on any atom is -0.310 e. The predicted octanol–water partition coefficient (Wildman–Crippen LogP) is 4.27. The maximum atomic E-state index is 5.96. The van der Waals surface area contributed by atoms with Crippen LogP contribution in [0.25, 0.3) is 11.2 Å². The summed E-state index contributed by atoms with van der Waals surface area (Å²) in [7, 11) is 0. The highest BCUT2D eigenvalue weighted by atomic mass is 35.5. The van der Waals surface area contributed by atoms with Crippen LogP contribution in [0.5, 0.6) is 0 Å². The zero-order valence-electron chi connectivity index (χ0n) is 12.3. The van der Waals surface area contributed by atoms with Gasteiger partial charge in [-0.05, 0) is 44.2 Å². The molecule has 1 aliphatic carbocycles. The van der Waals surface area contributed by atoms with Crippen molar-refractivity contribution < 1.29 is 0 Å². The summed E-state index contributed by atoms with van der Waals surface area (Å²) in [6.07, 6.45) is 8.12. The fourth-order valence-corrected chi connectivity index (χ4v) is 3.64. The van der Waals surface area contributed by atoms with Crippen molar-refractivity contribution >= 4 is 22.8 Å². The molecule has 1 aliphatic rings. The van der Waals surface area contributed by atoms with E-state index in [1.165, 1.54) is 25.7 Å². The Bertz CT molecular complexity index is 599. The summed E-state index contributed by atoms with van der Waals surface area (Å²) in [4.78, 5) is 9.41. The van der Waals surface area contributed by atoms with Crippen LogP contribution in [0.4, 0.5) is 0 Å². The van der Waals surface area contributed by atoms with Crippen LogP contribution in [0.2, 0.25) is 0 Å². The van der Waals surface area contributed by atoms with Crippen LogP contribution >= 0.6 is 11.6 Å². The summed E-state index contributed by atoms with van der Waals surface area (Å²) >= 11 is 5.96. The molecule has 2 aromatic heterocycles. The van der Waals surface area contributed by atoms with Crippen molar-refractivity contribution in [1.29, 1.82) is 0 Å². The lowest BCUT2D eigenvalue weighted by atomic mass is 9.99. The van der Waals surface area contributed by atoms with Gasteiger partial charge in [-0.25, -0.2) is 9.97 Å². The van der Waals surface area contributed by atoms with Crippen molar-refractivity contribution in [2.24, 2.45) is 5.92 Å². The molecule has 3 nitrogen and oxygen atoms in total. The molecule has 2 aromatic rings. The Hall–Kier alpha value is -1.09. The van der Waals surface area contributed by atoms with E-state index in [1.54, 1.807) is 0 Å². The van der Waals surface area contributed by atoms with Gasteiger partial charge in [0.2, 0.25) is 0 Å². The summed E-state index contributed by atoms with van der Waals surface area (Å²) < 4.78 is 2.34. The molecule has 1 atom stereocenters. The van der Waals surface area contributed by atoms with E-state index in [0.717, 1.165) is 34.9 Å². The number of hydrogen-bond donors (Lipinski definition) is 0. The van der Waals surface area contributed by atoms with Crippen molar-refractivity contribution in [3.8, 4) is 0 Å². The van der Waals surface area contributed by atoms with E-state index in [-0.39, 0.29) is 0 Å². The average Bonchev–Trinajstić information content (AvgIpc) is 3.05. The zero-order chi connectivity index (χ0) is 14.1. The first-order valence-electron chi connectivity index (χ1n) is 7.60. The SMILES string of the molecule is Cc1cnc2c(c1)nc(CCCl)n2C(C)C1CCCC1. The molecular formula is C16H22ClN3. The number of fused-ring (bicyclic) bond motifs is 1. The number of nitrogens with zero attached hydrogens (tertiary/aromatic N) is 3. The molecule has 4 heteroatoms. The van der Waals surface area contributed by atoms with Gasteiger partial charge in [-0.3, -0.25) is 0 Å². The second kappa shape index (κ2) is 5.72. The Labute approximate surface area is 125 Å². The Balaban J connectivity index is 2.07. The van der Waals surface area contributed by atoms with E-state index in [2.05, 4.69) is 29.5 Å². The molecule has 0 spiro atoms. The quantitative estimate of drug-likeness (QED) is 0.788. The Kier molecular flexibility index (Phi) is 3.97. The second-order valence-corrected chi connectivity index (χ2v) is 6.36. The number of imidazole rings is 1. The first-order chi connectivity index (χ1) is 9.70. The Morgan fingerprint density at radius 3 is 2.85 bits per heavy atom. The first kappa shape index (κ1) is 13.9.